The Morgan fingerprint density at radius 3 is 2.60 bits per heavy atom. The average Bonchev–Trinajstić information content (AvgIpc) is 2.91. The SMILES string of the molecule is Cc1ccc(NC(C#N)c2csc3ccccc23)cc1. The molecule has 2 aromatic carbocycles. The molecule has 0 amide bonds. The van der Waals surface area contributed by atoms with Crippen molar-refractivity contribution in [3.8, 4) is 6.07 Å². The monoisotopic (exact) mass is 278 g/mol. The highest BCUT2D eigenvalue weighted by Gasteiger charge is 2.14. The summed E-state index contributed by atoms with van der Waals surface area (Å²) in [4.78, 5) is 0. The summed E-state index contributed by atoms with van der Waals surface area (Å²) >= 11 is 1.68. The van der Waals surface area contributed by atoms with Crippen LogP contribution in [0.25, 0.3) is 10.1 Å². The molecular weight excluding hydrogens is 264 g/mol. The summed E-state index contributed by atoms with van der Waals surface area (Å²) in [7, 11) is 0. The molecule has 1 heterocycles. The molecule has 0 fully saturated rings. The van der Waals surface area contributed by atoms with E-state index in [2.05, 4.69) is 35.8 Å². The largest absolute Gasteiger partial charge is 0.366 e. The minimum atomic E-state index is -0.325. The molecule has 20 heavy (non-hydrogen) atoms. The first-order valence-corrected chi connectivity index (χ1v) is 7.35. The second-order valence-electron chi connectivity index (χ2n) is 4.76. The van der Waals surface area contributed by atoms with Crippen LogP contribution in [0.15, 0.2) is 53.9 Å². The lowest BCUT2D eigenvalue weighted by Gasteiger charge is -2.12. The van der Waals surface area contributed by atoms with Crippen molar-refractivity contribution in [1.29, 1.82) is 5.26 Å². The van der Waals surface area contributed by atoms with Crippen LogP contribution in [0.1, 0.15) is 17.2 Å². The van der Waals surface area contributed by atoms with E-state index < -0.39 is 0 Å². The number of nitrogens with zero attached hydrogens (tertiary/aromatic N) is 1. The fourth-order valence-electron chi connectivity index (χ4n) is 2.22. The van der Waals surface area contributed by atoms with Gasteiger partial charge in [0.2, 0.25) is 0 Å². The third-order valence-corrected chi connectivity index (χ3v) is 4.30. The molecule has 1 aromatic heterocycles. The summed E-state index contributed by atoms with van der Waals surface area (Å²) in [5.74, 6) is 0. The van der Waals surface area contributed by atoms with E-state index in [1.54, 1.807) is 11.3 Å². The van der Waals surface area contributed by atoms with E-state index in [1.165, 1.54) is 10.3 Å². The number of nitrogens with one attached hydrogen (secondary N) is 1. The molecule has 0 saturated carbocycles. The van der Waals surface area contributed by atoms with Gasteiger partial charge in [-0.3, -0.25) is 0 Å². The summed E-state index contributed by atoms with van der Waals surface area (Å²) in [6.07, 6.45) is 0. The van der Waals surface area contributed by atoms with E-state index in [9.17, 15) is 5.26 Å². The van der Waals surface area contributed by atoms with E-state index in [0.29, 0.717) is 0 Å². The van der Waals surface area contributed by atoms with Gasteiger partial charge in [0.25, 0.3) is 0 Å². The molecule has 2 nitrogen and oxygen atoms in total. The smallest absolute Gasteiger partial charge is 0.141 e. The zero-order valence-corrected chi connectivity index (χ0v) is 11.9. The number of hydrogen-bond donors (Lipinski definition) is 1. The number of benzene rings is 2. The summed E-state index contributed by atoms with van der Waals surface area (Å²) in [6.45, 7) is 2.05. The molecule has 0 aliphatic carbocycles. The van der Waals surface area contributed by atoms with E-state index >= 15 is 0 Å². The van der Waals surface area contributed by atoms with Crippen LogP contribution in [0, 0.1) is 18.3 Å². The van der Waals surface area contributed by atoms with Crippen molar-refractivity contribution in [2.45, 2.75) is 13.0 Å². The van der Waals surface area contributed by atoms with Crippen molar-refractivity contribution in [2.75, 3.05) is 5.32 Å². The molecule has 0 aliphatic heterocycles. The van der Waals surface area contributed by atoms with Gasteiger partial charge in [-0.25, -0.2) is 0 Å². The molecule has 0 aliphatic rings. The second kappa shape index (κ2) is 5.36. The molecule has 0 radical (unpaired) electrons. The second-order valence-corrected chi connectivity index (χ2v) is 5.67. The molecule has 1 N–H and O–H groups in total. The van der Waals surface area contributed by atoms with Gasteiger partial charge in [-0.1, -0.05) is 35.9 Å². The summed E-state index contributed by atoms with van der Waals surface area (Å²) in [6, 6.07) is 18.3. The quantitative estimate of drug-likeness (QED) is 0.740. The van der Waals surface area contributed by atoms with Crippen LogP contribution in [-0.2, 0) is 0 Å². The van der Waals surface area contributed by atoms with Crippen molar-refractivity contribution >= 4 is 27.1 Å². The van der Waals surface area contributed by atoms with Crippen molar-refractivity contribution in [1.82, 2.24) is 0 Å². The fourth-order valence-corrected chi connectivity index (χ4v) is 3.20. The van der Waals surface area contributed by atoms with Gasteiger partial charge in [-0.2, -0.15) is 5.26 Å². The van der Waals surface area contributed by atoms with Crippen LogP contribution in [0.5, 0.6) is 0 Å². The lowest BCUT2D eigenvalue weighted by molar-refractivity contribution is 1.02. The van der Waals surface area contributed by atoms with Crippen molar-refractivity contribution < 1.29 is 0 Å². The predicted octanol–water partition coefficient (Wildman–Crippen LogP) is 4.89. The number of thiophene rings is 1. The first kappa shape index (κ1) is 12.7. The van der Waals surface area contributed by atoms with Gasteiger partial charge in [0, 0.05) is 16.0 Å². The van der Waals surface area contributed by atoms with Gasteiger partial charge in [-0.15, -0.1) is 11.3 Å². The summed E-state index contributed by atoms with van der Waals surface area (Å²) in [5, 5.41) is 16.0. The molecule has 1 unspecified atom stereocenters. The van der Waals surface area contributed by atoms with Gasteiger partial charge < -0.3 is 5.32 Å². The van der Waals surface area contributed by atoms with E-state index in [4.69, 9.17) is 0 Å². The topological polar surface area (TPSA) is 35.8 Å². The minimum absolute atomic E-state index is 0.325. The average molecular weight is 278 g/mol. The minimum Gasteiger partial charge on any atom is -0.366 e. The zero-order chi connectivity index (χ0) is 13.9. The van der Waals surface area contributed by atoms with Crippen LogP contribution in [0.3, 0.4) is 0 Å². The fraction of sp³-hybridized carbons (Fsp3) is 0.118. The van der Waals surface area contributed by atoms with Gasteiger partial charge in [0.15, 0.2) is 0 Å². The number of aryl methyl sites for hydroxylation is 1. The normalized spacial score (nSPS) is 12.0. The molecule has 0 spiro atoms. The number of nitriles is 1. The molecule has 3 rings (SSSR count). The first-order valence-electron chi connectivity index (χ1n) is 6.47. The lowest BCUT2D eigenvalue weighted by Crippen LogP contribution is -2.07. The molecular formula is C17H14N2S. The summed E-state index contributed by atoms with van der Waals surface area (Å²) < 4.78 is 1.22. The van der Waals surface area contributed by atoms with Crippen LogP contribution in [0.2, 0.25) is 0 Å². The van der Waals surface area contributed by atoms with Crippen LogP contribution in [-0.4, -0.2) is 0 Å². The van der Waals surface area contributed by atoms with Crippen LogP contribution >= 0.6 is 11.3 Å². The van der Waals surface area contributed by atoms with Gasteiger partial charge in [-0.05, 0) is 35.9 Å². The molecule has 0 saturated heterocycles. The third kappa shape index (κ3) is 2.38. The Morgan fingerprint density at radius 2 is 1.85 bits per heavy atom. The van der Waals surface area contributed by atoms with Gasteiger partial charge in [0.1, 0.15) is 6.04 Å². The Morgan fingerprint density at radius 1 is 1.10 bits per heavy atom. The number of fused-ring (bicyclic) bond motifs is 1. The Bertz CT molecular complexity index is 766. The maximum absolute atomic E-state index is 9.47. The molecule has 3 aromatic rings. The van der Waals surface area contributed by atoms with Crippen molar-refractivity contribution in [3.05, 3.63) is 65.0 Å². The first-order chi connectivity index (χ1) is 9.78. The Balaban J connectivity index is 1.94. The highest BCUT2D eigenvalue weighted by atomic mass is 32.1. The number of hydrogen-bond acceptors (Lipinski definition) is 3. The van der Waals surface area contributed by atoms with Gasteiger partial charge in [0.05, 0.1) is 6.07 Å². The Kier molecular flexibility index (Phi) is 3.41. The zero-order valence-electron chi connectivity index (χ0n) is 11.1. The number of anilines is 1. The number of rotatable bonds is 3. The molecule has 3 heteroatoms. The maximum atomic E-state index is 9.47. The molecule has 1 atom stereocenters. The van der Waals surface area contributed by atoms with Crippen LogP contribution < -0.4 is 5.32 Å². The Labute approximate surface area is 122 Å². The van der Waals surface area contributed by atoms with Gasteiger partial charge >= 0.3 is 0 Å². The lowest BCUT2D eigenvalue weighted by atomic mass is 10.1. The van der Waals surface area contributed by atoms with E-state index in [0.717, 1.165) is 16.6 Å². The maximum Gasteiger partial charge on any atom is 0.141 e. The van der Waals surface area contributed by atoms with Crippen molar-refractivity contribution in [2.24, 2.45) is 0 Å². The molecule has 98 valence electrons. The predicted molar refractivity (Wildman–Crippen MR) is 85.0 cm³/mol. The van der Waals surface area contributed by atoms with E-state index in [-0.39, 0.29) is 6.04 Å². The highest BCUT2D eigenvalue weighted by Crippen LogP contribution is 2.31. The standard InChI is InChI=1S/C17H14N2S/c1-12-6-8-13(9-7-12)19-16(10-18)15-11-20-17-5-3-2-4-14(15)17/h2-9,11,16,19H,1H3. The Hall–Kier alpha value is -2.31. The van der Waals surface area contributed by atoms with Crippen molar-refractivity contribution in [3.63, 3.8) is 0 Å². The summed E-state index contributed by atoms with van der Waals surface area (Å²) in [5.41, 5.74) is 3.23. The third-order valence-electron chi connectivity index (χ3n) is 3.31. The van der Waals surface area contributed by atoms with E-state index in [1.807, 2.05) is 36.4 Å². The highest BCUT2D eigenvalue weighted by molar-refractivity contribution is 7.17. The molecule has 0 bridgehead atoms. The van der Waals surface area contributed by atoms with Crippen LogP contribution in [0.4, 0.5) is 5.69 Å².